The Morgan fingerprint density at radius 3 is 1.08 bits per heavy atom. The van der Waals surface area contributed by atoms with Crippen LogP contribution in [0.2, 0.25) is 0 Å². The van der Waals surface area contributed by atoms with Crippen LogP contribution in [-0.4, -0.2) is 0 Å². The van der Waals surface area contributed by atoms with Crippen molar-refractivity contribution >= 4 is 24.8 Å². The molecule has 1 radical (unpaired) electrons. The van der Waals surface area contributed by atoms with Gasteiger partial charge in [0.15, 0.2) is 0 Å². The molecule has 0 aliphatic heterocycles. The van der Waals surface area contributed by atoms with Gasteiger partial charge in [-0.25, -0.2) is 0 Å². The van der Waals surface area contributed by atoms with Crippen LogP contribution in [-0.2, 0) is 20.1 Å². The van der Waals surface area contributed by atoms with Crippen molar-refractivity contribution in [2.24, 2.45) is 5.92 Å². The summed E-state index contributed by atoms with van der Waals surface area (Å²) in [5.41, 5.74) is 6.11. The fourth-order valence-electron chi connectivity index (χ4n) is 1.57. The van der Waals surface area contributed by atoms with E-state index in [1.165, 1.54) is 11.1 Å². The summed E-state index contributed by atoms with van der Waals surface area (Å²) in [4.78, 5) is 0. The van der Waals surface area contributed by atoms with Gasteiger partial charge in [-0.15, -0.1) is 24.8 Å². The SMILES string of the molecule is CC1=C(C)C(C)C(C)=C1C.Cl.Cl.[Ir]. The molecule has 0 atom stereocenters. The Hall–Kier alpha value is 0.709. The Bertz CT molecular complexity index is 205. The molecule has 0 N–H and O–H groups in total. The van der Waals surface area contributed by atoms with Crippen molar-refractivity contribution in [1.29, 1.82) is 0 Å². The summed E-state index contributed by atoms with van der Waals surface area (Å²) in [6.07, 6.45) is 0. The van der Waals surface area contributed by atoms with Gasteiger partial charge in [0, 0.05) is 20.1 Å². The second-order valence-corrected chi connectivity index (χ2v) is 3.34. The van der Waals surface area contributed by atoms with E-state index in [1.807, 2.05) is 0 Å². The first kappa shape index (κ1) is 19.3. The standard InChI is InChI=1S/C10H16.2ClH.Ir/c1-6-7(2)9(4)10(5)8(6)3;;;/h6H,1-5H3;2*1H;. The molecule has 81 valence electrons. The molecule has 0 unspecified atom stereocenters. The average Bonchev–Trinajstić information content (AvgIpc) is 2.07. The predicted octanol–water partition coefficient (Wildman–Crippen LogP) is 4.15. The van der Waals surface area contributed by atoms with Crippen LogP contribution in [0.1, 0.15) is 34.6 Å². The summed E-state index contributed by atoms with van der Waals surface area (Å²) in [5.74, 6) is 0.694. The van der Waals surface area contributed by atoms with Gasteiger partial charge in [-0.05, 0) is 44.8 Å². The molecule has 0 aromatic heterocycles. The molecule has 1 aliphatic rings. The fourth-order valence-corrected chi connectivity index (χ4v) is 1.57. The van der Waals surface area contributed by atoms with E-state index in [-0.39, 0.29) is 44.9 Å². The van der Waals surface area contributed by atoms with Crippen LogP contribution in [0.25, 0.3) is 0 Å². The van der Waals surface area contributed by atoms with Crippen LogP contribution in [0.4, 0.5) is 0 Å². The average molecular weight is 401 g/mol. The second-order valence-electron chi connectivity index (χ2n) is 3.34. The van der Waals surface area contributed by atoms with Crippen LogP contribution in [0.3, 0.4) is 0 Å². The summed E-state index contributed by atoms with van der Waals surface area (Å²) in [6, 6.07) is 0. The van der Waals surface area contributed by atoms with Crippen molar-refractivity contribution in [1.82, 2.24) is 0 Å². The van der Waals surface area contributed by atoms with E-state index >= 15 is 0 Å². The first-order chi connectivity index (χ1) is 4.55. The third-order valence-corrected chi connectivity index (χ3v) is 3.04. The first-order valence-electron chi connectivity index (χ1n) is 3.90. The Morgan fingerprint density at radius 1 is 0.769 bits per heavy atom. The van der Waals surface area contributed by atoms with Gasteiger partial charge < -0.3 is 0 Å². The normalized spacial score (nSPS) is 16.4. The van der Waals surface area contributed by atoms with E-state index in [0.717, 1.165) is 0 Å². The van der Waals surface area contributed by atoms with Gasteiger partial charge in [0.25, 0.3) is 0 Å². The van der Waals surface area contributed by atoms with E-state index in [4.69, 9.17) is 0 Å². The molecule has 0 fully saturated rings. The Labute approximate surface area is 107 Å². The van der Waals surface area contributed by atoms with E-state index in [0.29, 0.717) is 5.92 Å². The largest absolute Gasteiger partial charge is 0.147 e. The van der Waals surface area contributed by atoms with Crippen LogP contribution < -0.4 is 0 Å². The van der Waals surface area contributed by atoms with Gasteiger partial charge in [-0.2, -0.15) is 0 Å². The van der Waals surface area contributed by atoms with Gasteiger partial charge in [-0.1, -0.05) is 18.1 Å². The van der Waals surface area contributed by atoms with Crippen molar-refractivity contribution in [3.05, 3.63) is 22.3 Å². The maximum absolute atomic E-state index is 2.28. The molecule has 0 bridgehead atoms. The summed E-state index contributed by atoms with van der Waals surface area (Å²) >= 11 is 0. The van der Waals surface area contributed by atoms with Gasteiger partial charge in [-0.3, -0.25) is 0 Å². The third kappa shape index (κ3) is 3.40. The van der Waals surface area contributed by atoms with E-state index in [1.54, 1.807) is 11.1 Å². The van der Waals surface area contributed by atoms with Crippen molar-refractivity contribution in [3.63, 3.8) is 0 Å². The maximum Gasteiger partial charge on any atom is 0 e. The van der Waals surface area contributed by atoms with Gasteiger partial charge >= 0.3 is 0 Å². The Morgan fingerprint density at radius 2 is 1.00 bits per heavy atom. The number of hydrogen-bond acceptors (Lipinski definition) is 0. The summed E-state index contributed by atoms with van der Waals surface area (Å²) in [7, 11) is 0. The molecule has 0 saturated heterocycles. The molecule has 1 rings (SSSR count). The minimum absolute atomic E-state index is 0. The molecule has 0 aromatic carbocycles. The number of hydrogen-bond donors (Lipinski definition) is 0. The van der Waals surface area contributed by atoms with Gasteiger partial charge in [0.1, 0.15) is 0 Å². The molecule has 0 aromatic rings. The summed E-state index contributed by atoms with van der Waals surface area (Å²) < 4.78 is 0. The molecule has 1 aliphatic carbocycles. The minimum atomic E-state index is 0. The van der Waals surface area contributed by atoms with Gasteiger partial charge in [0.05, 0.1) is 0 Å². The smallest absolute Gasteiger partial charge is 0 e. The summed E-state index contributed by atoms with van der Waals surface area (Å²) in [5, 5.41) is 0. The van der Waals surface area contributed by atoms with E-state index in [2.05, 4.69) is 34.6 Å². The van der Waals surface area contributed by atoms with Crippen LogP contribution in [0.5, 0.6) is 0 Å². The molecule has 3 heteroatoms. The molecular weight excluding hydrogens is 383 g/mol. The zero-order valence-corrected chi connectivity index (χ0v) is 12.8. The van der Waals surface area contributed by atoms with Crippen LogP contribution >= 0.6 is 24.8 Å². The zero-order chi connectivity index (χ0) is 7.89. The third-order valence-electron chi connectivity index (χ3n) is 3.04. The molecule has 0 spiro atoms. The number of rotatable bonds is 0. The van der Waals surface area contributed by atoms with Crippen LogP contribution in [0.15, 0.2) is 22.3 Å². The van der Waals surface area contributed by atoms with E-state index in [9.17, 15) is 0 Å². The maximum atomic E-state index is 2.28. The predicted molar refractivity (Wildman–Crippen MR) is 60.4 cm³/mol. The quantitative estimate of drug-likeness (QED) is 0.572. The number of halogens is 2. The molecule has 13 heavy (non-hydrogen) atoms. The van der Waals surface area contributed by atoms with Crippen LogP contribution in [0, 0.1) is 5.92 Å². The molecule has 0 saturated carbocycles. The minimum Gasteiger partial charge on any atom is -0.147 e. The van der Waals surface area contributed by atoms with Crippen molar-refractivity contribution in [2.75, 3.05) is 0 Å². The molecular formula is C10H18Cl2Ir. The van der Waals surface area contributed by atoms with Crippen molar-refractivity contribution in [2.45, 2.75) is 34.6 Å². The van der Waals surface area contributed by atoms with E-state index < -0.39 is 0 Å². The molecule has 0 nitrogen and oxygen atoms in total. The zero-order valence-electron chi connectivity index (χ0n) is 8.73. The van der Waals surface area contributed by atoms with Gasteiger partial charge in [0.2, 0.25) is 0 Å². The summed E-state index contributed by atoms with van der Waals surface area (Å²) in [6.45, 7) is 11.2. The Kier molecular flexibility index (Phi) is 10.5. The van der Waals surface area contributed by atoms with Crippen molar-refractivity contribution in [3.8, 4) is 0 Å². The Balaban J connectivity index is -0.000000333. The number of allylic oxidation sites excluding steroid dienone is 4. The fraction of sp³-hybridized carbons (Fsp3) is 0.600. The van der Waals surface area contributed by atoms with Crippen molar-refractivity contribution < 1.29 is 20.1 Å². The molecule has 0 heterocycles. The monoisotopic (exact) mass is 401 g/mol. The molecule has 0 amide bonds. The topological polar surface area (TPSA) is 0 Å². The first-order valence-corrected chi connectivity index (χ1v) is 3.90. The second kappa shape index (κ2) is 7.06.